The Morgan fingerprint density at radius 1 is 1.34 bits per heavy atom. The molecule has 0 N–H and O–H groups in total. The van der Waals surface area contributed by atoms with E-state index in [9.17, 15) is 22.8 Å². The highest BCUT2D eigenvalue weighted by Gasteiger charge is 2.33. The molecule has 9 nitrogen and oxygen atoms in total. The predicted octanol–water partition coefficient (Wildman–Crippen LogP) is 0.145. The second-order valence-corrected chi connectivity index (χ2v) is 9.69. The van der Waals surface area contributed by atoms with Gasteiger partial charge in [0.25, 0.3) is 11.5 Å². The highest BCUT2D eigenvalue weighted by atomic mass is 32.2. The largest absolute Gasteiger partial charge is 0.452 e. The van der Waals surface area contributed by atoms with Gasteiger partial charge < -0.3 is 9.64 Å². The second-order valence-electron chi connectivity index (χ2n) is 7.46. The molecular formula is C19H21N3O6S. The summed E-state index contributed by atoms with van der Waals surface area (Å²) in [6.45, 7) is 0.170. The van der Waals surface area contributed by atoms with Gasteiger partial charge >= 0.3 is 5.97 Å². The molecule has 3 heterocycles. The third kappa shape index (κ3) is 3.76. The van der Waals surface area contributed by atoms with Crippen LogP contribution in [0.15, 0.2) is 23.0 Å². The monoisotopic (exact) mass is 419 g/mol. The molecule has 2 aromatic rings. The van der Waals surface area contributed by atoms with Gasteiger partial charge in [0.05, 0.1) is 28.0 Å². The summed E-state index contributed by atoms with van der Waals surface area (Å²) in [5, 5.41) is 0.436. The molecule has 1 saturated heterocycles. The van der Waals surface area contributed by atoms with E-state index in [4.69, 9.17) is 4.74 Å². The van der Waals surface area contributed by atoms with Crippen molar-refractivity contribution in [3.05, 3.63) is 39.9 Å². The van der Waals surface area contributed by atoms with Crippen LogP contribution in [0.25, 0.3) is 10.9 Å². The Kier molecular flexibility index (Phi) is 4.89. The van der Waals surface area contributed by atoms with Gasteiger partial charge in [-0.25, -0.2) is 18.2 Å². The van der Waals surface area contributed by atoms with Gasteiger partial charge in [0, 0.05) is 26.1 Å². The smallest absolute Gasteiger partial charge is 0.338 e. The number of benzene rings is 1. The summed E-state index contributed by atoms with van der Waals surface area (Å²) >= 11 is 0. The van der Waals surface area contributed by atoms with Gasteiger partial charge in [-0.1, -0.05) is 0 Å². The molecule has 1 aromatic carbocycles. The first kappa shape index (κ1) is 19.6. The van der Waals surface area contributed by atoms with Crippen LogP contribution in [0.3, 0.4) is 0 Å². The molecule has 0 radical (unpaired) electrons. The van der Waals surface area contributed by atoms with E-state index < -0.39 is 34.4 Å². The SMILES string of the molecule is CN(C(=O)COC(=O)c1ccc2c(=O)n3c(nc2c1)CCC3)[C@@H]1CCS(=O)(=O)C1. The molecule has 10 heteroatoms. The number of carbonyl (C=O) groups is 2. The molecule has 1 fully saturated rings. The van der Waals surface area contributed by atoms with E-state index >= 15 is 0 Å². The summed E-state index contributed by atoms with van der Waals surface area (Å²) < 4.78 is 29.9. The van der Waals surface area contributed by atoms with Crippen molar-refractivity contribution in [2.24, 2.45) is 0 Å². The quantitative estimate of drug-likeness (QED) is 0.648. The number of nitrogens with zero attached hydrogens (tertiary/aromatic N) is 3. The highest BCUT2D eigenvalue weighted by molar-refractivity contribution is 7.91. The average Bonchev–Trinajstić information content (AvgIpc) is 3.31. The average molecular weight is 419 g/mol. The van der Waals surface area contributed by atoms with E-state index in [0.29, 0.717) is 29.7 Å². The summed E-state index contributed by atoms with van der Waals surface area (Å²) in [4.78, 5) is 42.9. The summed E-state index contributed by atoms with van der Waals surface area (Å²) in [7, 11) is -1.60. The Bertz CT molecular complexity index is 1170. The van der Waals surface area contributed by atoms with Gasteiger partial charge in [0.2, 0.25) is 0 Å². The lowest BCUT2D eigenvalue weighted by Gasteiger charge is -2.23. The van der Waals surface area contributed by atoms with Crippen LogP contribution in [0, 0.1) is 0 Å². The molecule has 29 heavy (non-hydrogen) atoms. The van der Waals surface area contributed by atoms with Crippen molar-refractivity contribution >= 4 is 32.6 Å². The van der Waals surface area contributed by atoms with Crippen LogP contribution in [0.1, 0.15) is 29.0 Å². The van der Waals surface area contributed by atoms with Crippen molar-refractivity contribution in [1.82, 2.24) is 14.5 Å². The minimum absolute atomic E-state index is 0.0584. The molecular weight excluding hydrogens is 398 g/mol. The van der Waals surface area contributed by atoms with Crippen molar-refractivity contribution in [2.45, 2.75) is 31.8 Å². The molecule has 0 bridgehead atoms. The number of esters is 1. The van der Waals surface area contributed by atoms with Crippen LogP contribution in [0.5, 0.6) is 0 Å². The number of likely N-dealkylation sites (N-methyl/N-ethyl adjacent to an activating group) is 1. The maximum absolute atomic E-state index is 12.5. The lowest BCUT2D eigenvalue weighted by molar-refractivity contribution is -0.134. The molecule has 2 aliphatic rings. The Balaban J connectivity index is 1.45. The van der Waals surface area contributed by atoms with Crippen molar-refractivity contribution < 1.29 is 22.7 Å². The number of aryl methyl sites for hydroxylation is 1. The Labute approximate surface area is 167 Å². The first-order valence-corrected chi connectivity index (χ1v) is 11.2. The fourth-order valence-electron chi connectivity index (χ4n) is 3.81. The van der Waals surface area contributed by atoms with Crippen LogP contribution >= 0.6 is 0 Å². The molecule has 4 rings (SSSR count). The minimum atomic E-state index is -3.11. The van der Waals surface area contributed by atoms with Crippen molar-refractivity contribution in [3.8, 4) is 0 Å². The Morgan fingerprint density at radius 3 is 2.86 bits per heavy atom. The van der Waals surface area contributed by atoms with E-state index in [2.05, 4.69) is 4.98 Å². The zero-order valence-electron chi connectivity index (χ0n) is 16.0. The van der Waals surface area contributed by atoms with Crippen molar-refractivity contribution in [1.29, 1.82) is 0 Å². The predicted molar refractivity (Wildman–Crippen MR) is 104 cm³/mol. The van der Waals surface area contributed by atoms with Crippen LogP contribution in [-0.4, -0.2) is 65.9 Å². The number of ether oxygens (including phenoxy) is 1. The third-order valence-corrected chi connectivity index (χ3v) is 7.28. The van der Waals surface area contributed by atoms with Crippen LogP contribution in [0.4, 0.5) is 0 Å². The number of hydrogen-bond donors (Lipinski definition) is 0. The lowest BCUT2D eigenvalue weighted by Crippen LogP contribution is -2.40. The fourth-order valence-corrected chi connectivity index (χ4v) is 5.58. The van der Waals surface area contributed by atoms with Crippen LogP contribution in [-0.2, 0) is 32.3 Å². The lowest BCUT2D eigenvalue weighted by atomic mass is 10.1. The third-order valence-electron chi connectivity index (χ3n) is 5.53. The topological polar surface area (TPSA) is 116 Å². The van der Waals surface area contributed by atoms with E-state index in [-0.39, 0.29) is 22.6 Å². The maximum Gasteiger partial charge on any atom is 0.338 e. The number of carbonyl (C=O) groups excluding carboxylic acids is 2. The standard InChI is InChI=1S/C19H21N3O6S/c1-21(13-6-8-29(26,27)11-13)17(23)10-28-19(25)12-4-5-14-15(9-12)20-16-3-2-7-22(16)18(14)24/h4-5,9,13H,2-3,6-8,10-11H2,1H3/t13-/m1/s1. The number of hydrogen-bond acceptors (Lipinski definition) is 7. The molecule has 0 unspecified atom stereocenters. The van der Waals surface area contributed by atoms with Gasteiger partial charge in [0.15, 0.2) is 16.4 Å². The number of sulfone groups is 1. The van der Waals surface area contributed by atoms with Gasteiger partial charge in [-0.2, -0.15) is 0 Å². The number of aromatic nitrogens is 2. The highest BCUT2D eigenvalue weighted by Crippen LogP contribution is 2.18. The molecule has 2 aliphatic heterocycles. The Morgan fingerprint density at radius 2 is 2.14 bits per heavy atom. The number of fused-ring (bicyclic) bond motifs is 2. The maximum atomic E-state index is 12.5. The Hall–Kier alpha value is -2.75. The molecule has 1 amide bonds. The second kappa shape index (κ2) is 7.25. The first-order chi connectivity index (χ1) is 13.7. The molecule has 154 valence electrons. The van der Waals surface area contributed by atoms with E-state index in [1.807, 2.05) is 0 Å². The van der Waals surface area contributed by atoms with Crippen LogP contribution in [0.2, 0.25) is 0 Å². The number of amides is 1. The summed E-state index contributed by atoms with van der Waals surface area (Å²) in [5.74, 6) is -0.468. The molecule has 0 saturated carbocycles. The van der Waals surface area contributed by atoms with E-state index in [1.165, 1.54) is 24.1 Å². The van der Waals surface area contributed by atoms with Crippen LogP contribution < -0.4 is 5.56 Å². The van der Waals surface area contributed by atoms with Gasteiger partial charge in [-0.3, -0.25) is 14.2 Å². The molecule has 1 aromatic heterocycles. The van der Waals surface area contributed by atoms with Gasteiger partial charge in [-0.05, 0) is 31.0 Å². The van der Waals surface area contributed by atoms with Crippen molar-refractivity contribution in [2.75, 3.05) is 25.2 Å². The first-order valence-electron chi connectivity index (χ1n) is 9.42. The van der Waals surface area contributed by atoms with Crippen molar-refractivity contribution in [3.63, 3.8) is 0 Å². The van der Waals surface area contributed by atoms with Gasteiger partial charge in [-0.15, -0.1) is 0 Å². The van der Waals surface area contributed by atoms with E-state index in [0.717, 1.165) is 12.8 Å². The summed E-state index contributed by atoms with van der Waals surface area (Å²) in [6.07, 6.45) is 1.97. The number of rotatable bonds is 4. The van der Waals surface area contributed by atoms with E-state index in [1.54, 1.807) is 10.6 Å². The summed E-state index contributed by atoms with van der Waals surface area (Å²) in [6, 6.07) is 4.12. The normalized spacial score (nSPS) is 19.8. The van der Waals surface area contributed by atoms with Gasteiger partial charge in [0.1, 0.15) is 5.82 Å². The zero-order valence-corrected chi connectivity index (χ0v) is 16.8. The minimum Gasteiger partial charge on any atom is -0.452 e. The zero-order chi connectivity index (χ0) is 20.8. The molecule has 0 spiro atoms. The fraction of sp³-hybridized carbons (Fsp3) is 0.474. The molecule has 0 aliphatic carbocycles. The summed E-state index contributed by atoms with van der Waals surface area (Å²) in [5.41, 5.74) is 0.509. The molecule has 1 atom stereocenters.